The summed E-state index contributed by atoms with van der Waals surface area (Å²) in [6.07, 6.45) is 1.14. The van der Waals surface area contributed by atoms with Gasteiger partial charge in [0.05, 0.1) is 12.2 Å². The van der Waals surface area contributed by atoms with Crippen LogP contribution in [0.1, 0.15) is 29.3 Å². The second-order valence-corrected chi connectivity index (χ2v) is 5.83. The van der Waals surface area contributed by atoms with Gasteiger partial charge in [0, 0.05) is 45.9 Å². The lowest BCUT2D eigenvalue weighted by Crippen LogP contribution is -2.53. The molecule has 2 rings (SSSR count). The maximum Gasteiger partial charge on any atom is 0.335 e. The molecular formula is C17H26N2O3. The zero-order chi connectivity index (χ0) is 15.9. The quantitative estimate of drug-likeness (QED) is 0.834. The number of hydrogen-bond acceptors (Lipinski definition) is 4. The van der Waals surface area contributed by atoms with Crippen LogP contribution in [0.5, 0.6) is 0 Å². The van der Waals surface area contributed by atoms with Gasteiger partial charge in [0.2, 0.25) is 0 Å². The van der Waals surface area contributed by atoms with Crippen LogP contribution >= 0.6 is 0 Å². The zero-order valence-electron chi connectivity index (χ0n) is 13.5. The number of rotatable bonds is 7. The van der Waals surface area contributed by atoms with Crippen LogP contribution in [0.25, 0.3) is 0 Å². The van der Waals surface area contributed by atoms with Crippen molar-refractivity contribution < 1.29 is 14.6 Å². The normalized spacial score (nSPS) is 20.2. The Kier molecular flexibility index (Phi) is 6.36. The topological polar surface area (TPSA) is 53.0 Å². The van der Waals surface area contributed by atoms with Crippen molar-refractivity contribution in [2.75, 3.05) is 39.9 Å². The van der Waals surface area contributed by atoms with E-state index >= 15 is 0 Å². The van der Waals surface area contributed by atoms with Gasteiger partial charge >= 0.3 is 5.97 Å². The van der Waals surface area contributed by atoms with Crippen molar-refractivity contribution in [3.63, 3.8) is 0 Å². The number of hydrogen-bond donors (Lipinski definition) is 1. The van der Waals surface area contributed by atoms with Gasteiger partial charge in [-0.1, -0.05) is 19.1 Å². The van der Waals surface area contributed by atoms with E-state index in [0.29, 0.717) is 11.6 Å². The molecular weight excluding hydrogens is 280 g/mol. The molecule has 5 heteroatoms. The Balaban J connectivity index is 1.90. The fourth-order valence-corrected chi connectivity index (χ4v) is 3.00. The summed E-state index contributed by atoms with van der Waals surface area (Å²) in [6, 6.07) is 7.78. The van der Waals surface area contributed by atoms with E-state index in [9.17, 15) is 4.79 Å². The Morgan fingerprint density at radius 2 is 2.05 bits per heavy atom. The van der Waals surface area contributed by atoms with Crippen molar-refractivity contribution in [3.05, 3.63) is 35.4 Å². The molecule has 1 aromatic rings. The molecule has 1 heterocycles. The van der Waals surface area contributed by atoms with Gasteiger partial charge in [-0.05, 0) is 24.1 Å². The Morgan fingerprint density at radius 3 is 2.64 bits per heavy atom. The number of nitrogens with zero attached hydrogens (tertiary/aromatic N) is 2. The van der Waals surface area contributed by atoms with Crippen LogP contribution in [0.2, 0.25) is 0 Å². The molecule has 22 heavy (non-hydrogen) atoms. The van der Waals surface area contributed by atoms with Gasteiger partial charge in [0.1, 0.15) is 0 Å². The first-order valence-electron chi connectivity index (χ1n) is 7.91. The fraction of sp³-hybridized carbons (Fsp3) is 0.588. The number of aromatic carboxylic acids is 1. The van der Waals surface area contributed by atoms with Crippen LogP contribution in [-0.4, -0.2) is 66.8 Å². The summed E-state index contributed by atoms with van der Waals surface area (Å²) < 4.78 is 5.19. The number of carboxylic acids is 1. The van der Waals surface area contributed by atoms with Crippen LogP contribution < -0.4 is 0 Å². The van der Waals surface area contributed by atoms with E-state index in [-0.39, 0.29) is 0 Å². The highest BCUT2D eigenvalue weighted by molar-refractivity contribution is 5.87. The molecule has 0 aliphatic carbocycles. The third kappa shape index (κ3) is 4.53. The largest absolute Gasteiger partial charge is 0.478 e. The fourth-order valence-electron chi connectivity index (χ4n) is 3.00. The molecule has 1 saturated heterocycles. The van der Waals surface area contributed by atoms with Crippen LogP contribution in [0, 0.1) is 0 Å². The molecule has 122 valence electrons. The first-order chi connectivity index (χ1) is 10.6. The molecule has 0 spiro atoms. The summed E-state index contributed by atoms with van der Waals surface area (Å²) in [5.74, 6) is -0.871. The highest BCUT2D eigenvalue weighted by Gasteiger charge is 2.25. The summed E-state index contributed by atoms with van der Waals surface area (Å²) in [6.45, 7) is 8.06. The molecule has 0 radical (unpaired) electrons. The molecule has 0 amide bonds. The number of piperazine rings is 1. The molecule has 1 N–H and O–H groups in total. The Bertz CT molecular complexity index is 475. The van der Waals surface area contributed by atoms with E-state index in [1.807, 2.05) is 12.1 Å². The standard InChI is InChI=1S/C17H26N2O3/c1-3-16-13-18(8-9-19(16)10-11-22-2)12-14-4-6-15(7-5-14)17(20)21/h4-7,16H,3,8-13H2,1-2H3,(H,20,21). The minimum atomic E-state index is -0.871. The Labute approximate surface area is 132 Å². The van der Waals surface area contributed by atoms with Crippen LogP contribution in [-0.2, 0) is 11.3 Å². The number of carbonyl (C=O) groups is 1. The predicted octanol–water partition coefficient (Wildman–Crippen LogP) is 1.93. The molecule has 1 aliphatic heterocycles. The van der Waals surface area contributed by atoms with Crippen molar-refractivity contribution in [3.8, 4) is 0 Å². The number of carboxylic acid groups (broad SMARTS) is 1. The lowest BCUT2D eigenvalue weighted by molar-refractivity contribution is 0.0465. The van der Waals surface area contributed by atoms with Crippen molar-refractivity contribution >= 4 is 5.97 Å². The molecule has 1 aliphatic rings. The van der Waals surface area contributed by atoms with E-state index in [1.54, 1.807) is 19.2 Å². The summed E-state index contributed by atoms with van der Waals surface area (Å²) in [5, 5.41) is 8.94. The number of methoxy groups -OCH3 is 1. The van der Waals surface area contributed by atoms with E-state index in [2.05, 4.69) is 16.7 Å². The average molecular weight is 306 g/mol. The molecule has 1 fully saturated rings. The summed E-state index contributed by atoms with van der Waals surface area (Å²) in [5.41, 5.74) is 1.52. The van der Waals surface area contributed by atoms with Gasteiger partial charge in [-0.25, -0.2) is 4.79 Å². The Hall–Kier alpha value is -1.43. The lowest BCUT2D eigenvalue weighted by Gasteiger charge is -2.41. The monoisotopic (exact) mass is 306 g/mol. The van der Waals surface area contributed by atoms with E-state index < -0.39 is 5.97 Å². The molecule has 0 saturated carbocycles. The van der Waals surface area contributed by atoms with E-state index in [0.717, 1.165) is 45.8 Å². The highest BCUT2D eigenvalue weighted by atomic mass is 16.5. The van der Waals surface area contributed by atoms with Gasteiger partial charge in [-0.3, -0.25) is 9.80 Å². The first-order valence-corrected chi connectivity index (χ1v) is 7.91. The van der Waals surface area contributed by atoms with Gasteiger partial charge in [-0.15, -0.1) is 0 Å². The second-order valence-electron chi connectivity index (χ2n) is 5.83. The van der Waals surface area contributed by atoms with E-state index in [4.69, 9.17) is 9.84 Å². The minimum absolute atomic E-state index is 0.347. The summed E-state index contributed by atoms with van der Waals surface area (Å²) in [7, 11) is 1.75. The van der Waals surface area contributed by atoms with Gasteiger partial charge in [-0.2, -0.15) is 0 Å². The van der Waals surface area contributed by atoms with Crippen molar-refractivity contribution in [1.82, 2.24) is 9.80 Å². The summed E-state index contributed by atoms with van der Waals surface area (Å²) >= 11 is 0. The van der Waals surface area contributed by atoms with Crippen molar-refractivity contribution in [1.29, 1.82) is 0 Å². The van der Waals surface area contributed by atoms with Crippen LogP contribution in [0.3, 0.4) is 0 Å². The molecule has 1 aromatic carbocycles. The lowest BCUT2D eigenvalue weighted by atomic mass is 10.1. The maximum absolute atomic E-state index is 10.9. The minimum Gasteiger partial charge on any atom is -0.478 e. The van der Waals surface area contributed by atoms with Crippen LogP contribution in [0.4, 0.5) is 0 Å². The van der Waals surface area contributed by atoms with Gasteiger partial charge < -0.3 is 9.84 Å². The first kappa shape index (κ1) is 16.9. The van der Waals surface area contributed by atoms with E-state index in [1.165, 1.54) is 5.56 Å². The third-order valence-corrected chi connectivity index (χ3v) is 4.35. The molecule has 1 unspecified atom stereocenters. The van der Waals surface area contributed by atoms with Crippen molar-refractivity contribution in [2.45, 2.75) is 25.9 Å². The third-order valence-electron chi connectivity index (χ3n) is 4.35. The smallest absolute Gasteiger partial charge is 0.335 e. The number of ether oxygens (including phenoxy) is 1. The molecule has 5 nitrogen and oxygen atoms in total. The SMILES string of the molecule is CCC1CN(Cc2ccc(C(=O)O)cc2)CCN1CCOC. The van der Waals surface area contributed by atoms with Gasteiger partial charge in [0.25, 0.3) is 0 Å². The van der Waals surface area contributed by atoms with Crippen LogP contribution in [0.15, 0.2) is 24.3 Å². The highest BCUT2D eigenvalue weighted by Crippen LogP contribution is 2.16. The average Bonchev–Trinajstić information content (AvgIpc) is 2.54. The Morgan fingerprint density at radius 1 is 1.32 bits per heavy atom. The summed E-state index contributed by atoms with van der Waals surface area (Å²) in [4.78, 5) is 15.8. The molecule has 1 atom stereocenters. The number of benzene rings is 1. The zero-order valence-corrected chi connectivity index (χ0v) is 13.5. The maximum atomic E-state index is 10.9. The molecule has 0 bridgehead atoms. The van der Waals surface area contributed by atoms with Gasteiger partial charge in [0.15, 0.2) is 0 Å². The molecule has 0 aromatic heterocycles. The van der Waals surface area contributed by atoms with Crippen molar-refractivity contribution in [2.24, 2.45) is 0 Å². The predicted molar refractivity (Wildman–Crippen MR) is 86.2 cm³/mol. The second kappa shape index (κ2) is 8.27.